The molecule has 1 aromatic carbocycles. The van der Waals surface area contributed by atoms with E-state index in [0.29, 0.717) is 5.56 Å². The summed E-state index contributed by atoms with van der Waals surface area (Å²) in [4.78, 5) is 0. The van der Waals surface area contributed by atoms with E-state index in [1.165, 1.54) is 0 Å². The SMILES string of the molecule is Cc1cc([C@@H](N)[C@H](C)O)ccc1C#N. The number of nitrogens with two attached hydrogens (primary N) is 1. The quantitative estimate of drug-likeness (QED) is 0.737. The van der Waals surface area contributed by atoms with Crippen molar-refractivity contribution in [1.29, 1.82) is 5.26 Å². The Kier molecular flexibility index (Phi) is 3.23. The summed E-state index contributed by atoms with van der Waals surface area (Å²) in [5.41, 5.74) is 8.16. The first-order valence-electron chi connectivity index (χ1n) is 4.50. The van der Waals surface area contributed by atoms with Crippen molar-refractivity contribution in [2.45, 2.75) is 26.0 Å². The van der Waals surface area contributed by atoms with Crippen LogP contribution in [-0.4, -0.2) is 11.2 Å². The average molecular weight is 190 g/mol. The minimum atomic E-state index is -0.581. The van der Waals surface area contributed by atoms with Crippen LogP contribution in [0.4, 0.5) is 0 Å². The fourth-order valence-electron chi connectivity index (χ4n) is 1.30. The summed E-state index contributed by atoms with van der Waals surface area (Å²) in [6.07, 6.45) is -0.581. The summed E-state index contributed by atoms with van der Waals surface area (Å²) in [6.45, 7) is 3.51. The summed E-state index contributed by atoms with van der Waals surface area (Å²) < 4.78 is 0. The third kappa shape index (κ3) is 2.11. The van der Waals surface area contributed by atoms with Gasteiger partial charge in [-0.3, -0.25) is 0 Å². The van der Waals surface area contributed by atoms with Gasteiger partial charge in [0.15, 0.2) is 0 Å². The summed E-state index contributed by atoms with van der Waals surface area (Å²) in [5, 5.41) is 18.0. The second-order valence-corrected chi connectivity index (χ2v) is 3.45. The van der Waals surface area contributed by atoms with E-state index in [2.05, 4.69) is 6.07 Å². The lowest BCUT2D eigenvalue weighted by atomic mass is 9.99. The Labute approximate surface area is 83.8 Å². The molecule has 1 rings (SSSR count). The first-order chi connectivity index (χ1) is 6.56. The monoisotopic (exact) mass is 190 g/mol. The van der Waals surface area contributed by atoms with Crippen molar-refractivity contribution in [2.75, 3.05) is 0 Å². The number of nitrogens with zero attached hydrogens (tertiary/aromatic N) is 1. The third-order valence-electron chi connectivity index (χ3n) is 2.28. The molecule has 0 saturated carbocycles. The van der Waals surface area contributed by atoms with Crippen LogP contribution in [0.1, 0.15) is 29.7 Å². The van der Waals surface area contributed by atoms with E-state index in [4.69, 9.17) is 11.0 Å². The van der Waals surface area contributed by atoms with Crippen LogP contribution in [0.25, 0.3) is 0 Å². The molecule has 14 heavy (non-hydrogen) atoms. The minimum absolute atomic E-state index is 0.388. The molecule has 3 heteroatoms. The van der Waals surface area contributed by atoms with Gasteiger partial charge in [0.25, 0.3) is 0 Å². The Morgan fingerprint density at radius 2 is 2.14 bits per heavy atom. The number of rotatable bonds is 2. The zero-order valence-electron chi connectivity index (χ0n) is 8.36. The minimum Gasteiger partial charge on any atom is -0.391 e. The highest BCUT2D eigenvalue weighted by molar-refractivity contribution is 5.40. The van der Waals surface area contributed by atoms with Gasteiger partial charge in [-0.1, -0.05) is 12.1 Å². The summed E-state index contributed by atoms with van der Waals surface area (Å²) in [5.74, 6) is 0. The van der Waals surface area contributed by atoms with E-state index in [9.17, 15) is 5.11 Å². The summed E-state index contributed by atoms with van der Waals surface area (Å²) in [7, 11) is 0. The maximum atomic E-state index is 9.30. The van der Waals surface area contributed by atoms with Crippen LogP contribution < -0.4 is 5.73 Å². The van der Waals surface area contributed by atoms with E-state index in [1.54, 1.807) is 19.1 Å². The predicted octanol–water partition coefficient (Wildman–Crippen LogP) is 1.25. The van der Waals surface area contributed by atoms with Crippen LogP contribution in [0.15, 0.2) is 18.2 Å². The Bertz CT molecular complexity index is 366. The number of hydrogen-bond donors (Lipinski definition) is 2. The lowest BCUT2D eigenvalue weighted by Crippen LogP contribution is -2.23. The van der Waals surface area contributed by atoms with Gasteiger partial charge in [0, 0.05) is 0 Å². The fraction of sp³-hybridized carbons (Fsp3) is 0.364. The van der Waals surface area contributed by atoms with Crippen LogP contribution in [-0.2, 0) is 0 Å². The second-order valence-electron chi connectivity index (χ2n) is 3.45. The van der Waals surface area contributed by atoms with Crippen molar-refractivity contribution in [1.82, 2.24) is 0 Å². The lowest BCUT2D eigenvalue weighted by Gasteiger charge is -2.15. The maximum Gasteiger partial charge on any atom is 0.0994 e. The Balaban J connectivity index is 3.04. The Morgan fingerprint density at radius 3 is 2.57 bits per heavy atom. The highest BCUT2D eigenvalue weighted by Crippen LogP contribution is 2.17. The van der Waals surface area contributed by atoms with Gasteiger partial charge in [-0.05, 0) is 31.0 Å². The smallest absolute Gasteiger partial charge is 0.0994 e. The van der Waals surface area contributed by atoms with Gasteiger partial charge in [-0.25, -0.2) is 0 Å². The first kappa shape index (κ1) is 10.7. The lowest BCUT2D eigenvalue weighted by molar-refractivity contribution is 0.164. The van der Waals surface area contributed by atoms with Crippen molar-refractivity contribution in [2.24, 2.45) is 5.73 Å². The topological polar surface area (TPSA) is 70.0 Å². The number of hydrogen-bond acceptors (Lipinski definition) is 3. The second kappa shape index (κ2) is 4.23. The molecule has 0 aliphatic carbocycles. The van der Waals surface area contributed by atoms with Crippen LogP contribution in [0.5, 0.6) is 0 Å². The molecular formula is C11H14N2O. The fourth-order valence-corrected chi connectivity index (χ4v) is 1.30. The molecule has 3 N–H and O–H groups in total. The van der Waals surface area contributed by atoms with Gasteiger partial charge in [-0.2, -0.15) is 5.26 Å². The predicted molar refractivity (Wildman–Crippen MR) is 54.5 cm³/mol. The molecule has 2 atom stereocenters. The number of aryl methyl sites for hydroxylation is 1. The molecule has 0 aliphatic rings. The van der Waals surface area contributed by atoms with Gasteiger partial charge in [0.2, 0.25) is 0 Å². The normalized spacial score (nSPS) is 14.5. The van der Waals surface area contributed by atoms with Gasteiger partial charge in [-0.15, -0.1) is 0 Å². The molecule has 0 saturated heterocycles. The van der Waals surface area contributed by atoms with Crippen LogP contribution in [0.3, 0.4) is 0 Å². The molecule has 0 radical (unpaired) electrons. The van der Waals surface area contributed by atoms with Crippen molar-refractivity contribution in [3.05, 3.63) is 34.9 Å². The molecular weight excluding hydrogens is 176 g/mol. The highest BCUT2D eigenvalue weighted by Gasteiger charge is 2.12. The standard InChI is InChI=1S/C11H14N2O/c1-7-5-9(11(13)8(2)14)3-4-10(7)6-12/h3-5,8,11,14H,13H2,1-2H3/t8-,11-/m0/s1. The molecule has 0 aromatic heterocycles. The third-order valence-corrected chi connectivity index (χ3v) is 2.28. The molecule has 0 amide bonds. The first-order valence-corrected chi connectivity index (χ1v) is 4.50. The molecule has 0 aliphatic heterocycles. The van der Waals surface area contributed by atoms with Crippen LogP contribution >= 0.6 is 0 Å². The summed E-state index contributed by atoms with van der Waals surface area (Å²) >= 11 is 0. The molecule has 0 spiro atoms. The number of aliphatic hydroxyl groups is 1. The van der Waals surface area contributed by atoms with Crippen molar-refractivity contribution in [3.8, 4) is 6.07 Å². The number of benzene rings is 1. The van der Waals surface area contributed by atoms with E-state index in [1.807, 2.05) is 13.0 Å². The molecule has 74 valence electrons. The molecule has 0 heterocycles. The maximum absolute atomic E-state index is 9.30. The van der Waals surface area contributed by atoms with Crippen LogP contribution in [0, 0.1) is 18.3 Å². The van der Waals surface area contributed by atoms with E-state index >= 15 is 0 Å². The van der Waals surface area contributed by atoms with Crippen molar-refractivity contribution >= 4 is 0 Å². The number of nitriles is 1. The van der Waals surface area contributed by atoms with Crippen molar-refractivity contribution in [3.63, 3.8) is 0 Å². The van der Waals surface area contributed by atoms with Gasteiger partial charge >= 0.3 is 0 Å². The van der Waals surface area contributed by atoms with Gasteiger partial charge in [0.05, 0.1) is 23.8 Å². The van der Waals surface area contributed by atoms with Crippen molar-refractivity contribution < 1.29 is 5.11 Å². The Hall–Kier alpha value is -1.37. The molecule has 0 bridgehead atoms. The summed E-state index contributed by atoms with van der Waals surface area (Å²) in [6, 6.07) is 7.05. The molecule has 0 fully saturated rings. The van der Waals surface area contributed by atoms with E-state index < -0.39 is 6.10 Å². The van der Waals surface area contributed by atoms with Gasteiger partial charge < -0.3 is 10.8 Å². The average Bonchev–Trinajstić information content (AvgIpc) is 2.16. The van der Waals surface area contributed by atoms with Crippen LogP contribution in [0.2, 0.25) is 0 Å². The molecule has 1 aromatic rings. The zero-order valence-corrected chi connectivity index (χ0v) is 8.36. The highest BCUT2D eigenvalue weighted by atomic mass is 16.3. The zero-order chi connectivity index (χ0) is 10.7. The van der Waals surface area contributed by atoms with E-state index in [0.717, 1.165) is 11.1 Å². The van der Waals surface area contributed by atoms with Gasteiger partial charge in [0.1, 0.15) is 0 Å². The largest absolute Gasteiger partial charge is 0.391 e. The van der Waals surface area contributed by atoms with E-state index in [-0.39, 0.29) is 6.04 Å². The number of aliphatic hydroxyl groups excluding tert-OH is 1. The molecule has 0 unspecified atom stereocenters. The molecule has 3 nitrogen and oxygen atoms in total. The Morgan fingerprint density at radius 1 is 1.50 bits per heavy atom.